The molecule has 0 saturated heterocycles. The van der Waals surface area contributed by atoms with Crippen LogP contribution in [0, 0.1) is 0 Å². The normalized spacial score (nSPS) is 9.90. The van der Waals surface area contributed by atoms with E-state index in [1.54, 1.807) is 12.1 Å². The fraction of sp³-hybridized carbons (Fsp3) is 0. The van der Waals surface area contributed by atoms with Crippen molar-refractivity contribution >= 4 is 44.5 Å². The summed E-state index contributed by atoms with van der Waals surface area (Å²) >= 11 is 10.4. The molecule has 0 heterocycles. The Hall–Kier alpha value is 0.330. The number of benzene rings is 1. The lowest BCUT2D eigenvalue weighted by Gasteiger charge is -1.99. The molecule has 54 valence electrons. The fourth-order valence-corrected chi connectivity index (χ4v) is 2.35. The van der Waals surface area contributed by atoms with Gasteiger partial charge < -0.3 is 5.11 Å². The first-order chi connectivity index (χ1) is 4.61. The van der Waals surface area contributed by atoms with Crippen LogP contribution in [0.4, 0.5) is 0 Å². The van der Waals surface area contributed by atoms with Gasteiger partial charge in [-0.25, -0.2) is 0 Å². The van der Waals surface area contributed by atoms with Gasteiger partial charge in [-0.05, 0) is 44.0 Å². The molecule has 0 radical (unpaired) electrons. The van der Waals surface area contributed by atoms with Crippen LogP contribution in [0.5, 0.6) is 5.75 Å². The van der Waals surface area contributed by atoms with Crippen molar-refractivity contribution in [2.24, 2.45) is 0 Å². The van der Waals surface area contributed by atoms with Crippen LogP contribution in [0.1, 0.15) is 0 Å². The van der Waals surface area contributed by atoms with Crippen molar-refractivity contribution < 1.29 is 5.11 Å². The summed E-state index contributed by atoms with van der Waals surface area (Å²) in [5.74, 6) is 0.206. The summed E-state index contributed by atoms with van der Waals surface area (Å²) in [4.78, 5) is 0.802. The molecule has 1 aromatic rings. The predicted molar refractivity (Wildman–Crippen MR) is 50.8 cm³/mol. The van der Waals surface area contributed by atoms with Gasteiger partial charge in [-0.2, -0.15) is 0 Å². The molecular weight excluding hydrogens is 280 g/mol. The largest absolute Gasteiger partial charge is 0.506 e. The number of halogens is 2. The number of phenols is 1. The van der Waals surface area contributed by atoms with Crippen LogP contribution in [0.15, 0.2) is 26.0 Å². The van der Waals surface area contributed by atoms with Crippen molar-refractivity contribution in [3.8, 4) is 5.75 Å². The van der Waals surface area contributed by atoms with E-state index in [2.05, 4.69) is 44.5 Å². The molecule has 0 aromatic heterocycles. The molecule has 0 aliphatic heterocycles. The van der Waals surface area contributed by atoms with Crippen LogP contribution in [-0.4, -0.2) is 5.11 Å². The highest BCUT2D eigenvalue weighted by atomic mass is 79.9. The molecule has 0 amide bonds. The lowest BCUT2D eigenvalue weighted by atomic mass is 10.3. The van der Waals surface area contributed by atoms with Crippen molar-refractivity contribution in [3.05, 3.63) is 21.1 Å². The van der Waals surface area contributed by atoms with E-state index < -0.39 is 0 Å². The predicted octanol–water partition coefficient (Wildman–Crippen LogP) is 3.21. The summed E-state index contributed by atoms with van der Waals surface area (Å²) in [7, 11) is 0. The van der Waals surface area contributed by atoms with Crippen molar-refractivity contribution in [2.45, 2.75) is 4.90 Å². The van der Waals surface area contributed by atoms with E-state index in [0.29, 0.717) is 8.95 Å². The molecular formula is C6H4Br2OS. The van der Waals surface area contributed by atoms with E-state index in [9.17, 15) is 5.11 Å². The summed E-state index contributed by atoms with van der Waals surface area (Å²) < 4.78 is 1.29. The topological polar surface area (TPSA) is 20.2 Å². The summed E-state index contributed by atoms with van der Waals surface area (Å²) in [6.45, 7) is 0. The summed E-state index contributed by atoms with van der Waals surface area (Å²) in [6, 6.07) is 3.45. The zero-order valence-electron chi connectivity index (χ0n) is 4.81. The third-order valence-electron chi connectivity index (χ3n) is 1.00. The van der Waals surface area contributed by atoms with Crippen LogP contribution in [0.3, 0.4) is 0 Å². The number of thiol groups is 1. The summed E-state index contributed by atoms with van der Waals surface area (Å²) in [5.41, 5.74) is 0. The lowest BCUT2D eigenvalue weighted by Crippen LogP contribution is -1.72. The number of hydrogen-bond acceptors (Lipinski definition) is 2. The van der Waals surface area contributed by atoms with Gasteiger partial charge in [0.05, 0.1) is 8.95 Å². The minimum absolute atomic E-state index is 0.206. The zero-order chi connectivity index (χ0) is 7.72. The molecule has 0 spiro atoms. The third-order valence-corrected chi connectivity index (χ3v) is 2.47. The molecule has 0 atom stereocenters. The van der Waals surface area contributed by atoms with Crippen molar-refractivity contribution in [1.82, 2.24) is 0 Å². The first-order valence-corrected chi connectivity index (χ1v) is 4.51. The van der Waals surface area contributed by atoms with E-state index >= 15 is 0 Å². The Bertz CT molecular complexity index is 239. The number of aromatic hydroxyl groups is 1. The van der Waals surface area contributed by atoms with E-state index in [1.165, 1.54) is 0 Å². The van der Waals surface area contributed by atoms with Gasteiger partial charge in [0, 0.05) is 4.90 Å². The van der Waals surface area contributed by atoms with Crippen LogP contribution >= 0.6 is 44.5 Å². The number of hydrogen-bond donors (Lipinski definition) is 2. The smallest absolute Gasteiger partial charge is 0.144 e. The van der Waals surface area contributed by atoms with Crippen molar-refractivity contribution in [3.63, 3.8) is 0 Å². The summed E-state index contributed by atoms with van der Waals surface area (Å²) in [6.07, 6.45) is 0. The van der Waals surface area contributed by atoms with Gasteiger partial charge >= 0.3 is 0 Å². The Kier molecular flexibility index (Phi) is 2.66. The quantitative estimate of drug-likeness (QED) is 0.701. The fourth-order valence-electron chi connectivity index (χ4n) is 0.552. The molecule has 0 unspecified atom stereocenters. The monoisotopic (exact) mass is 282 g/mol. The van der Waals surface area contributed by atoms with Crippen LogP contribution < -0.4 is 0 Å². The van der Waals surface area contributed by atoms with Gasteiger partial charge in [0.25, 0.3) is 0 Å². The maximum absolute atomic E-state index is 9.20. The van der Waals surface area contributed by atoms with Crippen LogP contribution in [-0.2, 0) is 0 Å². The molecule has 1 nitrogen and oxygen atoms in total. The van der Waals surface area contributed by atoms with Gasteiger partial charge in [0.1, 0.15) is 5.75 Å². The zero-order valence-corrected chi connectivity index (χ0v) is 8.87. The van der Waals surface area contributed by atoms with Crippen molar-refractivity contribution in [2.75, 3.05) is 0 Å². The molecule has 0 saturated carbocycles. The van der Waals surface area contributed by atoms with Crippen molar-refractivity contribution in [1.29, 1.82) is 0 Å². The summed E-state index contributed by atoms with van der Waals surface area (Å²) in [5, 5.41) is 9.20. The Morgan fingerprint density at radius 2 is 1.60 bits per heavy atom. The van der Waals surface area contributed by atoms with Gasteiger partial charge in [-0.3, -0.25) is 0 Å². The first kappa shape index (κ1) is 8.43. The molecule has 1 aromatic carbocycles. The van der Waals surface area contributed by atoms with Gasteiger partial charge in [-0.1, -0.05) is 0 Å². The average molecular weight is 284 g/mol. The number of rotatable bonds is 0. The molecule has 1 N–H and O–H groups in total. The Morgan fingerprint density at radius 3 is 2.00 bits per heavy atom. The highest BCUT2D eigenvalue weighted by molar-refractivity contribution is 9.11. The van der Waals surface area contributed by atoms with E-state index in [-0.39, 0.29) is 5.75 Å². The molecule has 0 bridgehead atoms. The number of phenolic OH excluding ortho intramolecular Hbond substituents is 1. The SMILES string of the molecule is Oc1c(Br)cc(S)cc1Br. The standard InChI is InChI=1S/C6H4Br2OS/c7-4-1-3(10)2-5(8)6(4)9/h1-2,9-10H. The molecule has 0 fully saturated rings. The minimum Gasteiger partial charge on any atom is -0.506 e. The minimum atomic E-state index is 0.206. The first-order valence-electron chi connectivity index (χ1n) is 2.48. The van der Waals surface area contributed by atoms with Gasteiger partial charge in [-0.15, -0.1) is 12.6 Å². The second-order valence-corrected chi connectivity index (χ2v) is 3.98. The molecule has 1 rings (SSSR count). The maximum Gasteiger partial charge on any atom is 0.144 e. The second kappa shape index (κ2) is 3.15. The van der Waals surface area contributed by atoms with Crippen LogP contribution in [0.25, 0.3) is 0 Å². The van der Waals surface area contributed by atoms with E-state index in [4.69, 9.17) is 0 Å². The highest BCUT2D eigenvalue weighted by Crippen LogP contribution is 2.34. The third kappa shape index (κ3) is 1.68. The molecule has 10 heavy (non-hydrogen) atoms. The Morgan fingerprint density at radius 1 is 1.20 bits per heavy atom. The van der Waals surface area contributed by atoms with Gasteiger partial charge in [0.2, 0.25) is 0 Å². The Labute approximate surface area is 81.1 Å². The van der Waals surface area contributed by atoms with Gasteiger partial charge in [0.15, 0.2) is 0 Å². The Balaban J connectivity index is 3.31. The maximum atomic E-state index is 9.20. The second-order valence-electron chi connectivity index (χ2n) is 1.76. The van der Waals surface area contributed by atoms with E-state index in [1.807, 2.05) is 0 Å². The average Bonchev–Trinajstić information content (AvgIpc) is 1.82. The van der Waals surface area contributed by atoms with Crippen LogP contribution in [0.2, 0.25) is 0 Å². The molecule has 0 aliphatic carbocycles. The molecule has 4 heteroatoms. The van der Waals surface area contributed by atoms with E-state index in [0.717, 1.165) is 4.90 Å². The highest BCUT2D eigenvalue weighted by Gasteiger charge is 2.02. The molecule has 0 aliphatic rings. The lowest BCUT2D eigenvalue weighted by molar-refractivity contribution is 0.468.